The Hall–Kier alpha value is -2.23. The Labute approximate surface area is 113 Å². The SMILES string of the molecule is C=CC(=N/C=C\CC)C1CC(c2ccccn2)=NO1. The van der Waals surface area contributed by atoms with Crippen LogP contribution in [0.1, 0.15) is 25.5 Å². The summed E-state index contributed by atoms with van der Waals surface area (Å²) in [5.41, 5.74) is 2.48. The molecular formula is C15H17N3O. The number of hydrogen-bond acceptors (Lipinski definition) is 4. The molecule has 1 aliphatic heterocycles. The molecule has 0 fully saturated rings. The molecule has 0 bridgehead atoms. The van der Waals surface area contributed by atoms with Crippen molar-refractivity contribution in [2.75, 3.05) is 0 Å². The van der Waals surface area contributed by atoms with Crippen LogP contribution in [0.15, 0.2) is 59.5 Å². The monoisotopic (exact) mass is 255 g/mol. The van der Waals surface area contributed by atoms with Gasteiger partial charge in [0.25, 0.3) is 0 Å². The fourth-order valence-corrected chi connectivity index (χ4v) is 1.73. The normalized spacial score (nSPS) is 19.3. The molecule has 1 atom stereocenters. The van der Waals surface area contributed by atoms with Crippen LogP contribution in [0.5, 0.6) is 0 Å². The summed E-state index contributed by atoms with van der Waals surface area (Å²) in [6, 6.07) is 5.74. The molecule has 1 aliphatic rings. The molecule has 0 spiro atoms. The summed E-state index contributed by atoms with van der Waals surface area (Å²) in [4.78, 5) is 14.0. The van der Waals surface area contributed by atoms with E-state index in [1.807, 2.05) is 24.3 Å². The molecule has 0 aromatic carbocycles. The van der Waals surface area contributed by atoms with Crippen molar-refractivity contribution in [1.82, 2.24) is 4.98 Å². The Kier molecular flexibility index (Phi) is 4.61. The molecule has 19 heavy (non-hydrogen) atoms. The molecule has 1 unspecified atom stereocenters. The van der Waals surface area contributed by atoms with E-state index in [-0.39, 0.29) is 6.10 Å². The zero-order chi connectivity index (χ0) is 13.5. The van der Waals surface area contributed by atoms with Gasteiger partial charge in [0.2, 0.25) is 0 Å². The highest BCUT2D eigenvalue weighted by Crippen LogP contribution is 2.17. The quantitative estimate of drug-likeness (QED) is 0.759. The maximum atomic E-state index is 5.42. The molecule has 2 rings (SSSR count). The number of aliphatic imine (C=N–C) groups is 1. The van der Waals surface area contributed by atoms with Crippen molar-refractivity contribution in [1.29, 1.82) is 0 Å². The number of nitrogens with zero attached hydrogens (tertiary/aromatic N) is 3. The summed E-state index contributed by atoms with van der Waals surface area (Å²) in [5, 5.41) is 4.09. The minimum Gasteiger partial charge on any atom is -0.385 e. The molecule has 0 radical (unpaired) electrons. The average Bonchev–Trinajstić information content (AvgIpc) is 2.94. The van der Waals surface area contributed by atoms with Gasteiger partial charge in [0.1, 0.15) is 5.71 Å². The van der Waals surface area contributed by atoms with Crippen molar-refractivity contribution in [3.63, 3.8) is 0 Å². The summed E-state index contributed by atoms with van der Waals surface area (Å²) < 4.78 is 0. The first-order valence-electron chi connectivity index (χ1n) is 6.34. The van der Waals surface area contributed by atoms with Gasteiger partial charge in [-0.25, -0.2) is 0 Å². The lowest BCUT2D eigenvalue weighted by Gasteiger charge is -2.06. The molecule has 4 nitrogen and oxygen atoms in total. The smallest absolute Gasteiger partial charge is 0.174 e. The highest BCUT2D eigenvalue weighted by molar-refractivity contribution is 6.07. The van der Waals surface area contributed by atoms with Gasteiger partial charge < -0.3 is 4.84 Å². The second-order valence-electron chi connectivity index (χ2n) is 4.10. The van der Waals surface area contributed by atoms with E-state index in [4.69, 9.17) is 4.84 Å². The molecule has 0 aliphatic carbocycles. The van der Waals surface area contributed by atoms with Gasteiger partial charge in [-0.3, -0.25) is 9.98 Å². The van der Waals surface area contributed by atoms with E-state index in [0.717, 1.165) is 23.5 Å². The van der Waals surface area contributed by atoms with Crippen LogP contribution in [-0.2, 0) is 4.84 Å². The van der Waals surface area contributed by atoms with E-state index >= 15 is 0 Å². The van der Waals surface area contributed by atoms with Gasteiger partial charge in [0.05, 0.1) is 11.4 Å². The van der Waals surface area contributed by atoms with Gasteiger partial charge in [-0.1, -0.05) is 30.8 Å². The predicted molar refractivity (Wildman–Crippen MR) is 77.3 cm³/mol. The molecule has 0 N–H and O–H groups in total. The average molecular weight is 255 g/mol. The molecule has 0 amide bonds. The summed E-state index contributed by atoms with van der Waals surface area (Å²) in [6.07, 6.45) is 8.67. The molecular weight excluding hydrogens is 238 g/mol. The van der Waals surface area contributed by atoms with Crippen molar-refractivity contribution >= 4 is 11.4 Å². The first-order chi connectivity index (χ1) is 9.35. The van der Waals surface area contributed by atoms with Gasteiger partial charge >= 0.3 is 0 Å². The Bertz CT molecular complexity index is 517. The second-order valence-corrected chi connectivity index (χ2v) is 4.10. The van der Waals surface area contributed by atoms with Crippen molar-refractivity contribution in [3.8, 4) is 0 Å². The standard InChI is InChI=1S/C15H17N3O/c1-3-5-9-16-12(4-2)15-11-14(18-19-15)13-8-6-7-10-17-13/h4-10,15H,2-3,11H2,1H3/b9-5-,16-12?. The van der Waals surface area contributed by atoms with Crippen LogP contribution in [0.3, 0.4) is 0 Å². The second kappa shape index (κ2) is 6.64. The third kappa shape index (κ3) is 3.37. The zero-order valence-electron chi connectivity index (χ0n) is 11.0. The van der Waals surface area contributed by atoms with E-state index in [1.165, 1.54) is 0 Å². The van der Waals surface area contributed by atoms with E-state index in [1.54, 1.807) is 18.5 Å². The first kappa shape index (κ1) is 13.2. The Morgan fingerprint density at radius 3 is 3.16 bits per heavy atom. The lowest BCUT2D eigenvalue weighted by atomic mass is 10.1. The number of aromatic nitrogens is 1. The van der Waals surface area contributed by atoms with Crippen molar-refractivity contribution < 1.29 is 4.84 Å². The maximum Gasteiger partial charge on any atom is 0.174 e. The van der Waals surface area contributed by atoms with Gasteiger partial charge in [0, 0.05) is 18.8 Å². The molecule has 4 heteroatoms. The minimum absolute atomic E-state index is 0.170. The van der Waals surface area contributed by atoms with Crippen LogP contribution in [0, 0.1) is 0 Å². The fraction of sp³-hybridized carbons (Fsp3) is 0.267. The third-order valence-corrected chi connectivity index (χ3v) is 2.73. The first-order valence-corrected chi connectivity index (χ1v) is 6.34. The Balaban J connectivity index is 2.05. The fourth-order valence-electron chi connectivity index (χ4n) is 1.73. The summed E-state index contributed by atoms with van der Waals surface area (Å²) in [6.45, 7) is 5.83. The van der Waals surface area contributed by atoms with E-state index in [2.05, 4.69) is 28.6 Å². The van der Waals surface area contributed by atoms with E-state index in [9.17, 15) is 0 Å². The zero-order valence-corrected chi connectivity index (χ0v) is 11.0. The van der Waals surface area contributed by atoms with Crippen molar-refractivity contribution in [2.45, 2.75) is 25.9 Å². The predicted octanol–water partition coefficient (Wildman–Crippen LogP) is 3.13. The molecule has 2 heterocycles. The lowest BCUT2D eigenvalue weighted by molar-refractivity contribution is 0.133. The van der Waals surface area contributed by atoms with Crippen molar-refractivity contribution in [2.24, 2.45) is 10.1 Å². The Morgan fingerprint density at radius 1 is 1.58 bits per heavy atom. The van der Waals surface area contributed by atoms with Crippen LogP contribution < -0.4 is 0 Å². The highest BCUT2D eigenvalue weighted by atomic mass is 16.6. The number of pyridine rings is 1. The largest absolute Gasteiger partial charge is 0.385 e. The summed E-state index contributed by atoms with van der Waals surface area (Å²) >= 11 is 0. The molecule has 1 aromatic rings. The maximum absolute atomic E-state index is 5.42. The van der Waals surface area contributed by atoms with Crippen LogP contribution in [0.25, 0.3) is 0 Å². The van der Waals surface area contributed by atoms with E-state index < -0.39 is 0 Å². The van der Waals surface area contributed by atoms with Crippen LogP contribution in [0.4, 0.5) is 0 Å². The van der Waals surface area contributed by atoms with Gasteiger partial charge in [-0.2, -0.15) is 0 Å². The lowest BCUT2D eigenvalue weighted by Crippen LogP contribution is -2.19. The summed E-state index contributed by atoms with van der Waals surface area (Å²) in [5.74, 6) is 0. The number of hydrogen-bond donors (Lipinski definition) is 0. The summed E-state index contributed by atoms with van der Waals surface area (Å²) in [7, 11) is 0. The molecule has 1 aromatic heterocycles. The van der Waals surface area contributed by atoms with Gasteiger partial charge in [-0.15, -0.1) is 0 Å². The molecule has 0 saturated carbocycles. The van der Waals surface area contributed by atoms with Gasteiger partial charge in [0.15, 0.2) is 6.10 Å². The highest BCUT2D eigenvalue weighted by Gasteiger charge is 2.25. The molecule has 0 saturated heterocycles. The van der Waals surface area contributed by atoms with E-state index in [0.29, 0.717) is 6.42 Å². The van der Waals surface area contributed by atoms with Crippen LogP contribution in [0.2, 0.25) is 0 Å². The minimum atomic E-state index is -0.170. The number of allylic oxidation sites excluding steroid dienone is 1. The van der Waals surface area contributed by atoms with Crippen LogP contribution >= 0.6 is 0 Å². The topological polar surface area (TPSA) is 46.8 Å². The third-order valence-electron chi connectivity index (χ3n) is 2.73. The number of rotatable bonds is 5. The number of oxime groups is 1. The van der Waals surface area contributed by atoms with Gasteiger partial charge in [-0.05, 0) is 24.6 Å². The van der Waals surface area contributed by atoms with Crippen LogP contribution in [-0.4, -0.2) is 22.5 Å². The molecule has 98 valence electrons. The Morgan fingerprint density at radius 2 is 2.47 bits per heavy atom. The van der Waals surface area contributed by atoms with Crippen molar-refractivity contribution in [3.05, 3.63) is 55.0 Å².